The highest BCUT2D eigenvalue weighted by Gasteiger charge is 2.25. The fraction of sp³-hybridized carbons (Fsp3) is 0.462. The van der Waals surface area contributed by atoms with Gasteiger partial charge in [0, 0.05) is 18.3 Å². The summed E-state index contributed by atoms with van der Waals surface area (Å²) in [6.45, 7) is 3.77. The minimum absolute atomic E-state index is 0.0767. The standard InChI is InChI=1S/C13H16N2O2/c1-8-13(17-5-4-14-8)9-2-3-11-10(6-9)7-12(16)15-11/h2-3,6,8,13-14H,4-5,7H2,1H3,(H,15,16). The molecule has 0 spiro atoms. The molecule has 4 heteroatoms. The van der Waals surface area contributed by atoms with Gasteiger partial charge in [-0.3, -0.25) is 4.79 Å². The Morgan fingerprint density at radius 3 is 3.12 bits per heavy atom. The Bertz CT molecular complexity index is 459. The van der Waals surface area contributed by atoms with Crippen molar-refractivity contribution >= 4 is 11.6 Å². The summed E-state index contributed by atoms with van der Waals surface area (Å²) in [7, 11) is 0. The molecule has 2 aliphatic rings. The Morgan fingerprint density at radius 2 is 2.29 bits per heavy atom. The van der Waals surface area contributed by atoms with E-state index >= 15 is 0 Å². The highest BCUT2D eigenvalue weighted by Crippen LogP contribution is 2.30. The molecule has 2 N–H and O–H groups in total. The minimum Gasteiger partial charge on any atom is -0.371 e. The number of morpholine rings is 1. The molecule has 0 aromatic heterocycles. The first kappa shape index (κ1) is 10.7. The van der Waals surface area contributed by atoms with Gasteiger partial charge in [-0.1, -0.05) is 12.1 Å². The van der Waals surface area contributed by atoms with E-state index in [0.717, 1.165) is 30.0 Å². The average molecular weight is 232 g/mol. The van der Waals surface area contributed by atoms with Crippen LogP contribution in [0.3, 0.4) is 0 Å². The van der Waals surface area contributed by atoms with Crippen molar-refractivity contribution in [2.24, 2.45) is 0 Å². The van der Waals surface area contributed by atoms with Gasteiger partial charge in [-0.05, 0) is 24.1 Å². The van der Waals surface area contributed by atoms with Gasteiger partial charge < -0.3 is 15.4 Å². The van der Waals surface area contributed by atoms with E-state index in [-0.39, 0.29) is 12.0 Å². The number of ether oxygens (including phenoxy) is 1. The van der Waals surface area contributed by atoms with E-state index in [1.807, 2.05) is 12.1 Å². The van der Waals surface area contributed by atoms with E-state index in [1.54, 1.807) is 0 Å². The summed E-state index contributed by atoms with van der Waals surface area (Å²) >= 11 is 0. The molecule has 0 bridgehead atoms. The predicted octanol–water partition coefficient (Wildman–Crippen LogP) is 1.23. The topological polar surface area (TPSA) is 50.4 Å². The highest BCUT2D eigenvalue weighted by molar-refractivity contribution is 5.99. The number of rotatable bonds is 1. The Morgan fingerprint density at radius 1 is 1.41 bits per heavy atom. The Kier molecular flexibility index (Phi) is 2.61. The lowest BCUT2D eigenvalue weighted by atomic mass is 9.99. The van der Waals surface area contributed by atoms with Crippen molar-refractivity contribution in [2.45, 2.75) is 25.5 Å². The molecule has 3 rings (SSSR count). The normalized spacial score (nSPS) is 27.7. The van der Waals surface area contributed by atoms with Crippen LogP contribution >= 0.6 is 0 Å². The van der Waals surface area contributed by atoms with Crippen molar-refractivity contribution in [3.05, 3.63) is 29.3 Å². The lowest BCUT2D eigenvalue weighted by molar-refractivity contribution is -0.115. The molecule has 2 aliphatic heterocycles. The molecule has 1 saturated heterocycles. The van der Waals surface area contributed by atoms with Gasteiger partial charge in [-0.15, -0.1) is 0 Å². The number of nitrogens with one attached hydrogen (secondary N) is 2. The Labute approximate surface area is 100 Å². The van der Waals surface area contributed by atoms with Crippen molar-refractivity contribution < 1.29 is 9.53 Å². The van der Waals surface area contributed by atoms with E-state index < -0.39 is 0 Å². The van der Waals surface area contributed by atoms with E-state index in [0.29, 0.717) is 12.5 Å². The zero-order chi connectivity index (χ0) is 11.8. The molecular weight excluding hydrogens is 216 g/mol. The molecule has 1 fully saturated rings. The maximum atomic E-state index is 11.3. The second-order valence-electron chi connectivity index (χ2n) is 4.68. The van der Waals surface area contributed by atoms with Gasteiger partial charge in [0.15, 0.2) is 0 Å². The van der Waals surface area contributed by atoms with Gasteiger partial charge >= 0.3 is 0 Å². The largest absolute Gasteiger partial charge is 0.371 e. The number of benzene rings is 1. The molecule has 1 aromatic rings. The summed E-state index contributed by atoms with van der Waals surface area (Å²) in [4.78, 5) is 11.3. The lowest BCUT2D eigenvalue weighted by Crippen LogP contribution is -2.41. The maximum absolute atomic E-state index is 11.3. The molecule has 0 saturated carbocycles. The Balaban J connectivity index is 1.89. The predicted molar refractivity (Wildman–Crippen MR) is 64.9 cm³/mol. The van der Waals surface area contributed by atoms with E-state index in [2.05, 4.69) is 23.6 Å². The van der Waals surface area contributed by atoms with E-state index in [4.69, 9.17) is 4.74 Å². The monoisotopic (exact) mass is 232 g/mol. The first-order chi connectivity index (χ1) is 8.24. The summed E-state index contributed by atoms with van der Waals surface area (Å²) in [6, 6.07) is 6.41. The highest BCUT2D eigenvalue weighted by atomic mass is 16.5. The van der Waals surface area contributed by atoms with Gasteiger partial charge in [0.2, 0.25) is 5.91 Å². The fourth-order valence-electron chi connectivity index (χ4n) is 2.53. The number of carbonyl (C=O) groups excluding carboxylic acids is 1. The second-order valence-corrected chi connectivity index (χ2v) is 4.68. The number of hydrogen-bond donors (Lipinski definition) is 2. The van der Waals surface area contributed by atoms with Crippen molar-refractivity contribution in [3.63, 3.8) is 0 Å². The fourth-order valence-corrected chi connectivity index (χ4v) is 2.53. The number of fused-ring (bicyclic) bond motifs is 1. The van der Waals surface area contributed by atoms with Crippen LogP contribution in [0.4, 0.5) is 5.69 Å². The first-order valence-electron chi connectivity index (χ1n) is 6.02. The maximum Gasteiger partial charge on any atom is 0.228 e. The summed E-state index contributed by atoms with van der Waals surface area (Å²) in [5.74, 6) is 0.0767. The number of carbonyl (C=O) groups is 1. The number of anilines is 1. The molecule has 2 heterocycles. The van der Waals surface area contributed by atoms with Gasteiger partial charge in [0.25, 0.3) is 0 Å². The van der Waals surface area contributed by atoms with Crippen LogP contribution < -0.4 is 10.6 Å². The molecule has 0 aliphatic carbocycles. The molecule has 4 nitrogen and oxygen atoms in total. The van der Waals surface area contributed by atoms with Crippen molar-refractivity contribution in [1.82, 2.24) is 5.32 Å². The molecular formula is C13H16N2O2. The summed E-state index contributed by atoms with van der Waals surface area (Å²) in [5.41, 5.74) is 3.17. The van der Waals surface area contributed by atoms with Gasteiger partial charge in [0.05, 0.1) is 19.1 Å². The molecule has 17 heavy (non-hydrogen) atoms. The van der Waals surface area contributed by atoms with Crippen molar-refractivity contribution in [3.8, 4) is 0 Å². The first-order valence-corrected chi connectivity index (χ1v) is 6.02. The lowest BCUT2D eigenvalue weighted by Gasteiger charge is -2.30. The third-order valence-electron chi connectivity index (χ3n) is 3.40. The van der Waals surface area contributed by atoms with Crippen molar-refractivity contribution in [1.29, 1.82) is 0 Å². The molecule has 1 aromatic carbocycles. The van der Waals surface area contributed by atoms with Crippen LogP contribution in [-0.4, -0.2) is 25.1 Å². The quantitative estimate of drug-likeness (QED) is 0.765. The van der Waals surface area contributed by atoms with Gasteiger partial charge in [-0.25, -0.2) is 0 Å². The summed E-state index contributed by atoms with van der Waals surface area (Å²) in [6.07, 6.45) is 0.572. The van der Waals surface area contributed by atoms with Crippen LogP contribution in [0.1, 0.15) is 24.2 Å². The van der Waals surface area contributed by atoms with E-state index in [1.165, 1.54) is 0 Å². The molecule has 90 valence electrons. The van der Waals surface area contributed by atoms with Crippen LogP contribution in [-0.2, 0) is 16.0 Å². The van der Waals surface area contributed by atoms with Gasteiger partial charge in [0.1, 0.15) is 0 Å². The third kappa shape index (κ3) is 1.94. The molecule has 2 unspecified atom stereocenters. The SMILES string of the molecule is CC1NCCOC1c1ccc2c(c1)CC(=O)N2. The second kappa shape index (κ2) is 4.13. The summed E-state index contributed by atoms with van der Waals surface area (Å²) in [5, 5.41) is 6.24. The smallest absolute Gasteiger partial charge is 0.228 e. The molecule has 0 radical (unpaired) electrons. The zero-order valence-corrected chi connectivity index (χ0v) is 9.82. The van der Waals surface area contributed by atoms with Crippen LogP contribution in [0.25, 0.3) is 0 Å². The molecule has 2 atom stereocenters. The Hall–Kier alpha value is -1.39. The van der Waals surface area contributed by atoms with Crippen LogP contribution in [0, 0.1) is 0 Å². The van der Waals surface area contributed by atoms with E-state index in [9.17, 15) is 4.79 Å². The van der Waals surface area contributed by atoms with Crippen molar-refractivity contribution in [2.75, 3.05) is 18.5 Å². The third-order valence-corrected chi connectivity index (χ3v) is 3.40. The van der Waals surface area contributed by atoms with Crippen LogP contribution in [0.2, 0.25) is 0 Å². The molecule has 1 amide bonds. The number of amides is 1. The van der Waals surface area contributed by atoms with Gasteiger partial charge in [-0.2, -0.15) is 0 Å². The zero-order valence-electron chi connectivity index (χ0n) is 9.82. The van der Waals surface area contributed by atoms with Crippen LogP contribution in [0.15, 0.2) is 18.2 Å². The number of hydrogen-bond acceptors (Lipinski definition) is 3. The minimum atomic E-state index is 0.0767. The average Bonchev–Trinajstić information content (AvgIpc) is 2.68. The van der Waals surface area contributed by atoms with Crippen LogP contribution in [0.5, 0.6) is 0 Å². The summed E-state index contributed by atoms with van der Waals surface area (Å²) < 4.78 is 5.80.